The van der Waals surface area contributed by atoms with Crippen molar-refractivity contribution in [1.82, 2.24) is 10.3 Å². The third-order valence-electron chi connectivity index (χ3n) is 3.60. The molecule has 3 nitrogen and oxygen atoms in total. The van der Waals surface area contributed by atoms with Gasteiger partial charge in [-0.25, -0.2) is 0 Å². The molecule has 0 fully saturated rings. The summed E-state index contributed by atoms with van der Waals surface area (Å²) in [5.74, 6) is 1.48. The molecule has 2 aromatic rings. The van der Waals surface area contributed by atoms with E-state index in [0.717, 1.165) is 18.9 Å². The third-order valence-corrected chi connectivity index (χ3v) is 3.60. The number of hydrogen-bond donors (Lipinski definition) is 1. The van der Waals surface area contributed by atoms with E-state index < -0.39 is 0 Å². The number of benzene rings is 1. The monoisotopic (exact) mass is 254 g/mol. The average molecular weight is 254 g/mol. The quantitative estimate of drug-likeness (QED) is 0.914. The van der Waals surface area contributed by atoms with Crippen LogP contribution in [0.1, 0.15) is 24.1 Å². The lowest BCUT2D eigenvalue weighted by Gasteiger charge is -2.32. The molecule has 0 spiro atoms. The van der Waals surface area contributed by atoms with Crippen LogP contribution in [0.25, 0.3) is 0 Å². The van der Waals surface area contributed by atoms with Crippen molar-refractivity contribution in [2.45, 2.75) is 19.5 Å². The SMILES string of the molecule is CC1COc2ccccc2C1NCc1ccncc1. The Morgan fingerprint density at radius 3 is 2.84 bits per heavy atom. The van der Waals surface area contributed by atoms with Gasteiger partial charge in [0.25, 0.3) is 0 Å². The van der Waals surface area contributed by atoms with Crippen molar-refractivity contribution < 1.29 is 4.74 Å². The van der Waals surface area contributed by atoms with E-state index in [9.17, 15) is 0 Å². The van der Waals surface area contributed by atoms with Crippen LogP contribution in [0, 0.1) is 5.92 Å². The van der Waals surface area contributed by atoms with Crippen LogP contribution >= 0.6 is 0 Å². The smallest absolute Gasteiger partial charge is 0.124 e. The van der Waals surface area contributed by atoms with Gasteiger partial charge >= 0.3 is 0 Å². The van der Waals surface area contributed by atoms with Crippen molar-refractivity contribution in [3.05, 3.63) is 59.9 Å². The van der Waals surface area contributed by atoms with Gasteiger partial charge in [-0.2, -0.15) is 0 Å². The second-order valence-corrected chi connectivity index (χ2v) is 5.04. The topological polar surface area (TPSA) is 34.1 Å². The van der Waals surface area contributed by atoms with Gasteiger partial charge in [-0.15, -0.1) is 0 Å². The van der Waals surface area contributed by atoms with Gasteiger partial charge in [-0.05, 0) is 23.8 Å². The van der Waals surface area contributed by atoms with Crippen molar-refractivity contribution in [3.63, 3.8) is 0 Å². The molecule has 1 aliphatic heterocycles. The Morgan fingerprint density at radius 2 is 2.00 bits per heavy atom. The molecule has 0 saturated heterocycles. The Hall–Kier alpha value is -1.87. The average Bonchev–Trinajstić information content (AvgIpc) is 2.47. The lowest BCUT2D eigenvalue weighted by molar-refractivity contribution is 0.188. The molecule has 0 aliphatic carbocycles. The van der Waals surface area contributed by atoms with E-state index >= 15 is 0 Å². The van der Waals surface area contributed by atoms with Crippen LogP contribution in [-0.2, 0) is 6.54 Å². The number of pyridine rings is 1. The Bertz CT molecular complexity index is 541. The van der Waals surface area contributed by atoms with Gasteiger partial charge in [-0.1, -0.05) is 25.1 Å². The van der Waals surface area contributed by atoms with Crippen LogP contribution in [0.4, 0.5) is 0 Å². The largest absolute Gasteiger partial charge is 0.493 e. The van der Waals surface area contributed by atoms with Gasteiger partial charge < -0.3 is 10.1 Å². The molecule has 3 heteroatoms. The fraction of sp³-hybridized carbons (Fsp3) is 0.312. The molecule has 0 saturated carbocycles. The van der Waals surface area contributed by atoms with E-state index in [0.29, 0.717) is 12.0 Å². The van der Waals surface area contributed by atoms with Gasteiger partial charge in [0.15, 0.2) is 0 Å². The summed E-state index contributed by atoms with van der Waals surface area (Å²) in [5, 5.41) is 3.64. The van der Waals surface area contributed by atoms with Crippen LogP contribution in [0.2, 0.25) is 0 Å². The maximum Gasteiger partial charge on any atom is 0.124 e. The number of nitrogens with zero attached hydrogens (tertiary/aromatic N) is 1. The van der Waals surface area contributed by atoms with Crippen LogP contribution in [-0.4, -0.2) is 11.6 Å². The van der Waals surface area contributed by atoms with E-state index in [2.05, 4.69) is 29.4 Å². The van der Waals surface area contributed by atoms with Crippen molar-refractivity contribution >= 4 is 0 Å². The number of ether oxygens (including phenoxy) is 1. The molecule has 1 aromatic carbocycles. The predicted octanol–water partition coefficient (Wildman–Crippen LogP) is 2.94. The second-order valence-electron chi connectivity index (χ2n) is 5.04. The van der Waals surface area contributed by atoms with Crippen molar-refractivity contribution in [2.75, 3.05) is 6.61 Å². The Balaban J connectivity index is 1.77. The highest BCUT2D eigenvalue weighted by Gasteiger charge is 2.26. The van der Waals surface area contributed by atoms with E-state index in [1.807, 2.05) is 36.7 Å². The number of para-hydroxylation sites is 1. The minimum Gasteiger partial charge on any atom is -0.493 e. The molecular formula is C16H18N2O. The minimum atomic E-state index is 0.345. The standard InChI is InChI=1S/C16H18N2O/c1-12-11-19-15-5-3-2-4-14(15)16(12)18-10-13-6-8-17-9-7-13/h2-9,12,16,18H,10-11H2,1H3. The fourth-order valence-corrected chi connectivity index (χ4v) is 2.53. The number of hydrogen-bond acceptors (Lipinski definition) is 3. The van der Waals surface area contributed by atoms with Crippen LogP contribution in [0.5, 0.6) is 5.75 Å². The molecule has 19 heavy (non-hydrogen) atoms. The number of rotatable bonds is 3. The highest BCUT2D eigenvalue weighted by atomic mass is 16.5. The first-order chi connectivity index (χ1) is 9.34. The van der Waals surface area contributed by atoms with E-state index in [1.54, 1.807) is 0 Å². The van der Waals surface area contributed by atoms with E-state index in [-0.39, 0.29) is 0 Å². The Labute approximate surface area is 113 Å². The normalized spacial score (nSPS) is 21.5. The highest BCUT2D eigenvalue weighted by Crippen LogP contribution is 2.35. The van der Waals surface area contributed by atoms with Gasteiger partial charge in [-0.3, -0.25) is 4.98 Å². The van der Waals surface area contributed by atoms with Gasteiger partial charge in [0.2, 0.25) is 0 Å². The number of fused-ring (bicyclic) bond motifs is 1. The van der Waals surface area contributed by atoms with Crippen molar-refractivity contribution in [1.29, 1.82) is 0 Å². The van der Waals surface area contributed by atoms with E-state index in [1.165, 1.54) is 11.1 Å². The lowest BCUT2D eigenvalue weighted by Crippen LogP contribution is -2.33. The first kappa shape index (κ1) is 12.2. The minimum absolute atomic E-state index is 0.345. The van der Waals surface area contributed by atoms with Gasteiger partial charge in [0.1, 0.15) is 5.75 Å². The first-order valence-electron chi connectivity index (χ1n) is 6.68. The maximum atomic E-state index is 5.77. The fourth-order valence-electron chi connectivity index (χ4n) is 2.53. The zero-order valence-electron chi connectivity index (χ0n) is 11.0. The lowest BCUT2D eigenvalue weighted by atomic mass is 9.92. The van der Waals surface area contributed by atoms with Crippen LogP contribution < -0.4 is 10.1 Å². The number of aromatic nitrogens is 1. The summed E-state index contributed by atoms with van der Waals surface area (Å²) >= 11 is 0. The summed E-state index contributed by atoms with van der Waals surface area (Å²) in [6.45, 7) is 3.84. The molecule has 0 bridgehead atoms. The molecule has 3 rings (SSSR count). The van der Waals surface area contributed by atoms with Gasteiger partial charge in [0, 0.05) is 36.5 Å². The predicted molar refractivity (Wildman–Crippen MR) is 74.9 cm³/mol. The van der Waals surface area contributed by atoms with Crippen molar-refractivity contribution in [2.24, 2.45) is 5.92 Å². The molecule has 1 aliphatic rings. The summed E-state index contributed by atoms with van der Waals surface area (Å²) in [6, 6.07) is 12.7. The second kappa shape index (κ2) is 5.41. The zero-order valence-corrected chi connectivity index (χ0v) is 11.0. The first-order valence-corrected chi connectivity index (χ1v) is 6.68. The van der Waals surface area contributed by atoms with Crippen LogP contribution in [0.3, 0.4) is 0 Å². The van der Waals surface area contributed by atoms with Crippen LogP contribution in [0.15, 0.2) is 48.8 Å². The highest BCUT2D eigenvalue weighted by molar-refractivity contribution is 5.38. The molecule has 1 aromatic heterocycles. The summed E-state index contributed by atoms with van der Waals surface area (Å²) in [5.41, 5.74) is 2.52. The summed E-state index contributed by atoms with van der Waals surface area (Å²) in [6.07, 6.45) is 3.66. The molecule has 2 unspecified atom stereocenters. The summed E-state index contributed by atoms with van der Waals surface area (Å²) in [4.78, 5) is 4.04. The van der Waals surface area contributed by atoms with Gasteiger partial charge in [0.05, 0.1) is 6.61 Å². The summed E-state index contributed by atoms with van der Waals surface area (Å²) in [7, 11) is 0. The number of nitrogens with one attached hydrogen (secondary N) is 1. The third kappa shape index (κ3) is 2.61. The zero-order chi connectivity index (χ0) is 13.1. The molecule has 2 heterocycles. The molecule has 2 atom stereocenters. The maximum absolute atomic E-state index is 5.77. The molecule has 98 valence electrons. The molecule has 1 N–H and O–H groups in total. The Morgan fingerprint density at radius 1 is 1.21 bits per heavy atom. The van der Waals surface area contributed by atoms with E-state index in [4.69, 9.17) is 4.74 Å². The molecular weight excluding hydrogens is 236 g/mol. The molecule has 0 radical (unpaired) electrons. The molecule has 0 amide bonds. The van der Waals surface area contributed by atoms with Crippen molar-refractivity contribution in [3.8, 4) is 5.75 Å². The Kier molecular flexibility index (Phi) is 3.47. The summed E-state index contributed by atoms with van der Waals surface area (Å²) < 4.78 is 5.77.